The zero-order valence-electron chi connectivity index (χ0n) is 15.0. The van der Waals surface area contributed by atoms with E-state index in [0.29, 0.717) is 18.8 Å². The number of carbonyl (C=O) groups is 1. The predicted octanol–water partition coefficient (Wildman–Crippen LogP) is 1.95. The lowest BCUT2D eigenvalue weighted by molar-refractivity contribution is -0.118. The van der Waals surface area contributed by atoms with E-state index < -0.39 is 10.0 Å². The molecule has 0 atom stereocenters. The molecule has 10 heteroatoms. The number of aromatic nitrogens is 3. The number of hydrogen-bond acceptors (Lipinski definition) is 5. The molecule has 2 aromatic heterocycles. The van der Waals surface area contributed by atoms with Crippen LogP contribution in [0.2, 0.25) is 5.15 Å². The van der Waals surface area contributed by atoms with Crippen molar-refractivity contribution in [3.05, 3.63) is 35.9 Å². The Balaban J connectivity index is 2.18. The van der Waals surface area contributed by atoms with Gasteiger partial charge in [0.05, 0.1) is 24.3 Å². The van der Waals surface area contributed by atoms with Crippen LogP contribution < -0.4 is 4.90 Å². The fourth-order valence-electron chi connectivity index (χ4n) is 2.54. The summed E-state index contributed by atoms with van der Waals surface area (Å²) in [5.74, 6) is -0.220. The smallest absolute Gasteiger partial charge is 0.228 e. The minimum absolute atomic E-state index is 0.0587. The molecule has 0 aliphatic heterocycles. The number of pyridine rings is 1. The molecule has 0 bridgehead atoms. The van der Waals surface area contributed by atoms with Gasteiger partial charge < -0.3 is 4.90 Å². The molecular weight excluding hydrogens is 378 g/mol. The van der Waals surface area contributed by atoms with E-state index in [9.17, 15) is 13.2 Å². The Hall–Kier alpha value is -1.97. The SMILES string of the molecule is CCN(C(=O)CCN(CC)S(C)(=O)=O)c1cn(-c2cccnc2)nc1Cl. The molecule has 0 N–H and O–H groups in total. The lowest BCUT2D eigenvalue weighted by Gasteiger charge is -2.22. The topological polar surface area (TPSA) is 88.4 Å². The summed E-state index contributed by atoms with van der Waals surface area (Å²) in [7, 11) is -3.33. The molecular formula is C16H22ClN5O3S. The van der Waals surface area contributed by atoms with Crippen LogP contribution in [-0.4, -0.2) is 59.3 Å². The second kappa shape index (κ2) is 8.61. The van der Waals surface area contributed by atoms with Crippen molar-refractivity contribution in [3.8, 4) is 5.69 Å². The van der Waals surface area contributed by atoms with E-state index in [1.807, 2.05) is 13.0 Å². The monoisotopic (exact) mass is 399 g/mol. The van der Waals surface area contributed by atoms with Crippen LogP contribution in [0.15, 0.2) is 30.7 Å². The molecule has 0 unspecified atom stereocenters. The summed E-state index contributed by atoms with van der Waals surface area (Å²) in [5, 5.41) is 4.42. The highest BCUT2D eigenvalue weighted by Crippen LogP contribution is 2.26. The van der Waals surface area contributed by atoms with Gasteiger partial charge in [0.1, 0.15) is 5.69 Å². The summed E-state index contributed by atoms with van der Waals surface area (Å²) in [6.07, 6.45) is 6.14. The van der Waals surface area contributed by atoms with E-state index in [1.54, 1.807) is 36.3 Å². The van der Waals surface area contributed by atoms with Crippen LogP contribution in [0.5, 0.6) is 0 Å². The highest BCUT2D eigenvalue weighted by atomic mass is 35.5. The summed E-state index contributed by atoms with van der Waals surface area (Å²) in [4.78, 5) is 18.1. The van der Waals surface area contributed by atoms with Gasteiger partial charge in [-0.1, -0.05) is 18.5 Å². The van der Waals surface area contributed by atoms with Crippen molar-refractivity contribution in [2.45, 2.75) is 20.3 Å². The molecule has 1 amide bonds. The van der Waals surface area contributed by atoms with Gasteiger partial charge in [-0.05, 0) is 19.1 Å². The number of halogens is 1. The molecule has 0 radical (unpaired) electrons. The molecule has 0 spiro atoms. The van der Waals surface area contributed by atoms with Gasteiger partial charge in [0.2, 0.25) is 15.9 Å². The number of hydrogen-bond donors (Lipinski definition) is 0. The van der Waals surface area contributed by atoms with Gasteiger partial charge in [0.15, 0.2) is 5.15 Å². The van der Waals surface area contributed by atoms with E-state index in [2.05, 4.69) is 10.1 Å². The zero-order valence-corrected chi connectivity index (χ0v) is 16.5. The normalized spacial score (nSPS) is 11.7. The fourth-order valence-corrected chi connectivity index (χ4v) is 3.67. The zero-order chi connectivity index (χ0) is 19.3. The molecule has 2 rings (SSSR count). The van der Waals surface area contributed by atoms with Gasteiger partial charge in [0, 0.05) is 32.3 Å². The largest absolute Gasteiger partial charge is 0.308 e. The third-order valence-electron chi connectivity index (χ3n) is 3.87. The number of sulfonamides is 1. The maximum atomic E-state index is 12.6. The summed E-state index contributed by atoms with van der Waals surface area (Å²) >= 11 is 6.22. The first-order valence-corrected chi connectivity index (χ1v) is 10.4. The van der Waals surface area contributed by atoms with Crippen LogP contribution in [0, 0.1) is 0 Å². The van der Waals surface area contributed by atoms with E-state index in [1.165, 1.54) is 9.21 Å². The average molecular weight is 400 g/mol. The maximum Gasteiger partial charge on any atom is 0.228 e. The van der Waals surface area contributed by atoms with Crippen molar-refractivity contribution >= 4 is 33.2 Å². The number of nitrogens with zero attached hydrogens (tertiary/aromatic N) is 5. The Morgan fingerprint density at radius 3 is 2.58 bits per heavy atom. The molecule has 26 heavy (non-hydrogen) atoms. The highest BCUT2D eigenvalue weighted by Gasteiger charge is 2.22. The summed E-state index contributed by atoms with van der Waals surface area (Å²) < 4.78 is 26.1. The molecule has 0 aromatic carbocycles. The molecule has 2 heterocycles. The first-order chi connectivity index (χ1) is 12.3. The van der Waals surface area contributed by atoms with Crippen LogP contribution >= 0.6 is 11.6 Å². The standard InChI is InChI=1S/C16H22ClN5O3S/c1-4-20(26(3,24)25)10-8-15(23)21(5-2)14-12-22(19-16(14)17)13-7-6-9-18-11-13/h6-7,9,11-12H,4-5,8,10H2,1-3H3. The van der Waals surface area contributed by atoms with E-state index >= 15 is 0 Å². The van der Waals surface area contributed by atoms with Crippen molar-refractivity contribution < 1.29 is 13.2 Å². The molecule has 0 fully saturated rings. The molecule has 0 aliphatic carbocycles. The van der Waals surface area contributed by atoms with Crippen molar-refractivity contribution in [2.75, 3.05) is 30.8 Å². The minimum Gasteiger partial charge on any atom is -0.308 e. The van der Waals surface area contributed by atoms with Crippen LogP contribution in [0.25, 0.3) is 5.69 Å². The summed E-state index contributed by atoms with van der Waals surface area (Å²) in [5.41, 5.74) is 1.20. The maximum absolute atomic E-state index is 12.6. The number of anilines is 1. The van der Waals surface area contributed by atoms with E-state index in [-0.39, 0.29) is 24.0 Å². The summed E-state index contributed by atoms with van der Waals surface area (Å²) in [6, 6.07) is 3.60. The number of amides is 1. The molecule has 8 nitrogen and oxygen atoms in total. The Kier molecular flexibility index (Phi) is 6.74. The van der Waals surface area contributed by atoms with Gasteiger partial charge in [0.25, 0.3) is 0 Å². The van der Waals surface area contributed by atoms with Crippen molar-refractivity contribution in [2.24, 2.45) is 0 Å². The number of carbonyl (C=O) groups excluding carboxylic acids is 1. The van der Waals surface area contributed by atoms with Crippen molar-refractivity contribution in [3.63, 3.8) is 0 Å². The quantitative estimate of drug-likeness (QED) is 0.676. The molecule has 142 valence electrons. The first-order valence-electron chi connectivity index (χ1n) is 8.19. The molecule has 2 aromatic rings. The van der Waals surface area contributed by atoms with Crippen LogP contribution in [0.4, 0.5) is 5.69 Å². The highest BCUT2D eigenvalue weighted by molar-refractivity contribution is 7.88. The second-order valence-corrected chi connectivity index (χ2v) is 7.94. The van der Waals surface area contributed by atoms with Crippen molar-refractivity contribution in [1.82, 2.24) is 19.1 Å². The van der Waals surface area contributed by atoms with Gasteiger partial charge in [-0.15, -0.1) is 0 Å². The van der Waals surface area contributed by atoms with E-state index in [0.717, 1.165) is 11.9 Å². The third-order valence-corrected chi connectivity index (χ3v) is 5.51. The molecule has 0 saturated carbocycles. The van der Waals surface area contributed by atoms with Gasteiger partial charge in [-0.25, -0.2) is 17.4 Å². The molecule has 0 aliphatic rings. The molecule has 0 saturated heterocycles. The lowest BCUT2D eigenvalue weighted by Crippen LogP contribution is -2.36. The summed E-state index contributed by atoms with van der Waals surface area (Å²) in [6.45, 7) is 4.39. The third kappa shape index (κ3) is 4.80. The Morgan fingerprint density at radius 2 is 2.04 bits per heavy atom. The van der Waals surface area contributed by atoms with E-state index in [4.69, 9.17) is 11.6 Å². The lowest BCUT2D eigenvalue weighted by atomic mass is 10.3. The van der Waals surface area contributed by atoms with Gasteiger partial charge in [-0.3, -0.25) is 9.78 Å². The average Bonchev–Trinajstić information content (AvgIpc) is 2.97. The number of rotatable bonds is 8. The second-order valence-electron chi connectivity index (χ2n) is 5.60. The Morgan fingerprint density at radius 1 is 1.31 bits per heavy atom. The van der Waals surface area contributed by atoms with Crippen LogP contribution in [0.1, 0.15) is 20.3 Å². The fraction of sp³-hybridized carbons (Fsp3) is 0.438. The van der Waals surface area contributed by atoms with Crippen molar-refractivity contribution in [1.29, 1.82) is 0 Å². The Labute approximate surface area is 158 Å². The first kappa shape index (κ1) is 20.3. The van der Waals surface area contributed by atoms with Gasteiger partial charge >= 0.3 is 0 Å². The predicted molar refractivity (Wildman–Crippen MR) is 101 cm³/mol. The van der Waals surface area contributed by atoms with Gasteiger partial charge in [-0.2, -0.15) is 5.10 Å². The van der Waals surface area contributed by atoms with Crippen LogP contribution in [0.3, 0.4) is 0 Å². The Bertz CT molecular complexity index is 854. The van der Waals surface area contributed by atoms with Crippen LogP contribution in [-0.2, 0) is 14.8 Å². The minimum atomic E-state index is -3.33.